The molecule has 0 unspecified atom stereocenters. The molecule has 1 aromatic carbocycles. The molecule has 150 valence electrons. The molecule has 0 radical (unpaired) electrons. The minimum Gasteiger partial charge on any atom is -0.454 e. The molecule has 1 saturated heterocycles. The van der Waals surface area contributed by atoms with Crippen molar-refractivity contribution < 1.29 is 23.5 Å². The number of rotatable bonds is 7. The van der Waals surface area contributed by atoms with Crippen molar-refractivity contribution in [2.75, 3.05) is 27.0 Å². The van der Waals surface area contributed by atoms with E-state index in [-0.39, 0.29) is 18.1 Å². The lowest BCUT2D eigenvalue weighted by atomic mass is 9.76. The van der Waals surface area contributed by atoms with Crippen molar-refractivity contribution in [2.45, 2.75) is 39.2 Å². The van der Waals surface area contributed by atoms with Gasteiger partial charge in [-0.05, 0) is 36.0 Å². The van der Waals surface area contributed by atoms with Crippen LogP contribution in [0.15, 0.2) is 22.7 Å². The fraction of sp³-hybridized carbons (Fsp3) is 0.550. The van der Waals surface area contributed by atoms with Crippen LogP contribution in [0, 0.1) is 5.41 Å². The molecule has 2 aliphatic rings. The fourth-order valence-corrected chi connectivity index (χ4v) is 3.90. The van der Waals surface area contributed by atoms with Gasteiger partial charge in [0.25, 0.3) is 0 Å². The highest BCUT2D eigenvalue weighted by molar-refractivity contribution is 5.77. The Balaban J connectivity index is 1.38. The van der Waals surface area contributed by atoms with Gasteiger partial charge in [0, 0.05) is 33.0 Å². The monoisotopic (exact) mass is 387 g/mol. The van der Waals surface area contributed by atoms with Crippen molar-refractivity contribution in [3.8, 4) is 11.5 Å². The van der Waals surface area contributed by atoms with Gasteiger partial charge in [-0.3, -0.25) is 4.79 Å². The van der Waals surface area contributed by atoms with Gasteiger partial charge in [0.05, 0.1) is 0 Å². The van der Waals surface area contributed by atoms with Gasteiger partial charge >= 0.3 is 0 Å². The van der Waals surface area contributed by atoms with Gasteiger partial charge in [0.1, 0.15) is 6.61 Å². The average molecular weight is 387 g/mol. The zero-order valence-electron chi connectivity index (χ0n) is 16.3. The van der Waals surface area contributed by atoms with E-state index in [4.69, 9.17) is 18.7 Å². The van der Waals surface area contributed by atoms with Gasteiger partial charge in [0.15, 0.2) is 17.3 Å². The minimum atomic E-state index is 0.0116. The van der Waals surface area contributed by atoms with Crippen LogP contribution in [-0.4, -0.2) is 47.9 Å². The highest BCUT2D eigenvalue weighted by Crippen LogP contribution is 2.37. The van der Waals surface area contributed by atoms with Crippen LogP contribution in [0.4, 0.5) is 0 Å². The third-order valence-electron chi connectivity index (χ3n) is 5.31. The molecule has 0 N–H and O–H groups in total. The fourth-order valence-electron chi connectivity index (χ4n) is 3.90. The summed E-state index contributed by atoms with van der Waals surface area (Å²) in [6.07, 6.45) is 2.85. The van der Waals surface area contributed by atoms with E-state index in [1.54, 1.807) is 7.11 Å². The highest BCUT2D eigenvalue weighted by Gasteiger charge is 2.35. The van der Waals surface area contributed by atoms with Gasteiger partial charge < -0.3 is 23.6 Å². The smallest absolute Gasteiger partial charge is 0.231 e. The van der Waals surface area contributed by atoms with Crippen molar-refractivity contribution in [2.24, 2.45) is 5.41 Å². The first-order valence-corrected chi connectivity index (χ1v) is 9.51. The number of benzene rings is 1. The van der Waals surface area contributed by atoms with Crippen LogP contribution < -0.4 is 9.47 Å². The Morgan fingerprint density at radius 1 is 1.29 bits per heavy atom. The number of amides is 1. The Bertz CT molecular complexity index is 852. The molecule has 28 heavy (non-hydrogen) atoms. The Morgan fingerprint density at radius 3 is 3.00 bits per heavy atom. The summed E-state index contributed by atoms with van der Waals surface area (Å²) in [6.45, 7) is 4.11. The number of carbonyl (C=O) groups is 1. The first kappa shape index (κ1) is 18.7. The van der Waals surface area contributed by atoms with Crippen molar-refractivity contribution in [3.05, 3.63) is 35.5 Å². The molecule has 1 fully saturated rings. The van der Waals surface area contributed by atoms with Gasteiger partial charge in [-0.2, -0.15) is 4.98 Å². The predicted octanol–water partition coefficient (Wildman–Crippen LogP) is 2.36. The molecule has 1 amide bonds. The summed E-state index contributed by atoms with van der Waals surface area (Å²) in [5, 5.41) is 3.87. The Morgan fingerprint density at radius 2 is 2.14 bits per heavy atom. The second-order valence-corrected chi connectivity index (χ2v) is 7.78. The van der Waals surface area contributed by atoms with E-state index < -0.39 is 0 Å². The zero-order chi connectivity index (χ0) is 19.6. The highest BCUT2D eigenvalue weighted by atomic mass is 16.7. The molecular formula is C20H25N3O5. The maximum absolute atomic E-state index is 12.4. The van der Waals surface area contributed by atoms with E-state index in [0.717, 1.165) is 24.3 Å². The van der Waals surface area contributed by atoms with Crippen molar-refractivity contribution in [1.29, 1.82) is 0 Å². The molecule has 1 aromatic heterocycles. The predicted molar refractivity (Wildman–Crippen MR) is 98.9 cm³/mol. The van der Waals surface area contributed by atoms with Crippen LogP contribution in [0.25, 0.3) is 0 Å². The molecule has 8 nitrogen and oxygen atoms in total. The quantitative estimate of drug-likeness (QED) is 0.721. The summed E-state index contributed by atoms with van der Waals surface area (Å²) < 4.78 is 21.1. The van der Waals surface area contributed by atoms with E-state index in [2.05, 4.69) is 23.1 Å². The standard InChI is InChI=1S/C20H25N3O5/c1-20(10-14-3-4-15-16(9-14)27-13-26-15)7-5-19(24)23(12-20)8-6-18-21-17(11-25-2)22-28-18/h3-4,9H,5-8,10-13H2,1-2H3/t20-/m1/s1. The van der Waals surface area contributed by atoms with Crippen molar-refractivity contribution in [3.63, 3.8) is 0 Å². The number of piperidine rings is 1. The lowest BCUT2D eigenvalue weighted by Crippen LogP contribution is -2.46. The summed E-state index contributed by atoms with van der Waals surface area (Å²) in [6, 6.07) is 6.08. The summed E-state index contributed by atoms with van der Waals surface area (Å²) in [5.41, 5.74) is 1.21. The van der Waals surface area contributed by atoms with E-state index in [0.29, 0.717) is 44.3 Å². The van der Waals surface area contributed by atoms with E-state index in [1.165, 1.54) is 5.56 Å². The largest absolute Gasteiger partial charge is 0.454 e. The number of likely N-dealkylation sites (tertiary alicyclic amines) is 1. The van der Waals surface area contributed by atoms with Gasteiger partial charge in [-0.1, -0.05) is 18.1 Å². The van der Waals surface area contributed by atoms with E-state index in [9.17, 15) is 4.79 Å². The number of hydrogen-bond acceptors (Lipinski definition) is 7. The molecule has 2 aliphatic heterocycles. The molecule has 2 aromatic rings. The second-order valence-electron chi connectivity index (χ2n) is 7.78. The molecule has 8 heteroatoms. The van der Waals surface area contributed by atoms with E-state index >= 15 is 0 Å². The topological polar surface area (TPSA) is 86.9 Å². The van der Waals surface area contributed by atoms with Gasteiger partial charge in [0.2, 0.25) is 18.6 Å². The average Bonchev–Trinajstić information content (AvgIpc) is 3.32. The number of ether oxygens (including phenoxy) is 3. The SMILES string of the molecule is COCc1noc(CCN2C[C@@](C)(Cc3ccc4c(c3)OCO4)CCC2=O)n1. The van der Waals surface area contributed by atoms with Crippen LogP contribution >= 0.6 is 0 Å². The summed E-state index contributed by atoms with van der Waals surface area (Å²) in [7, 11) is 1.59. The first-order valence-electron chi connectivity index (χ1n) is 9.51. The van der Waals surface area contributed by atoms with Gasteiger partial charge in [-0.15, -0.1) is 0 Å². The Labute approximate surface area is 163 Å². The lowest BCUT2D eigenvalue weighted by molar-refractivity contribution is -0.137. The van der Waals surface area contributed by atoms with E-state index in [1.807, 2.05) is 17.0 Å². The lowest BCUT2D eigenvalue weighted by Gasteiger charge is -2.40. The summed E-state index contributed by atoms with van der Waals surface area (Å²) in [5.74, 6) is 2.83. The normalized spacial score (nSPS) is 21.4. The minimum absolute atomic E-state index is 0.0116. The maximum Gasteiger partial charge on any atom is 0.231 e. The number of nitrogens with zero attached hydrogens (tertiary/aromatic N) is 3. The number of fused-ring (bicyclic) bond motifs is 1. The van der Waals surface area contributed by atoms with Crippen LogP contribution in [0.1, 0.15) is 37.0 Å². The number of aromatic nitrogens is 2. The number of carbonyl (C=O) groups excluding carboxylic acids is 1. The third kappa shape index (κ3) is 4.11. The second kappa shape index (κ2) is 7.79. The van der Waals surface area contributed by atoms with Crippen LogP contribution in [0.5, 0.6) is 11.5 Å². The van der Waals surface area contributed by atoms with Gasteiger partial charge in [-0.25, -0.2) is 0 Å². The van der Waals surface area contributed by atoms with Crippen molar-refractivity contribution >= 4 is 5.91 Å². The Kier molecular flexibility index (Phi) is 5.21. The molecule has 0 saturated carbocycles. The van der Waals surface area contributed by atoms with Crippen LogP contribution in [0.2, 0.25) is 0 Å². The molecular weight excluding hydrogens is 362 g/mol. The Hall–Kier alpha value is -2.61. The number of hydrogen-bond donors (Lipinski definition) is 0. The van der Waals surface area contributed by atoms with Crippen molar-refractivity contribution in [1.82, 2.24) is 15.0 Å². The molecule has 4 rings (SSSR count). The summed E-state index contributed by atoms with van der Waals surface area (Å²) in [4.78, 5) is 18.6. The third-order valence-corrected chi connectivity index (χ3v) is 5.31. The first-order chi connectivity index (χ1) is 13.5. The zero-order valence-corrected chi connectivity index (χ0v) is 16.3. The molecule has 0 aliphatic carbocycles. The maximum atomic E-state index is 12.4. The molecule has 0 bridgehead atoms. The molecule has 0 spiro atoms. The van der Waals surface area contributed by atoms with Crippen LogP contribution in [-0.2, 0) is 29.0 Å². The molecule has 3 heterocycles. The van der Waals surface area contributed by atoms with Crippen LogP contribution in [0.3, 0.4) is 0 Å². The number of methoxy groups -OCH3 is 1. The summed E-state index contributed by atoms with van der Waals surface area (Å²) >= 11 is 0. The molecule has 1 atom stereocenters.